The molecule has 0 aromatic rings. The number of carbonyl (C=O) groups excluding carboxylic acids is 2. The van der Waals surface area contributed by atoms with Crippen LogP contribution >= 0.6 is 0 Å². The van der Waals surface area contributed by atoms with E-state index in [9.17, 15) is 18.4 Å². The normalized spacial score (nSPS) is 26.6. The fourth-order valence-corrected chi connectivity index (χ4v) is 3.89. The third-order valence-electron chi connectivity index (χ3n) is 5.35. The Labute approximate surface area is 135 Å². The monoisotopic (exact) mass is 329 g/mol. The molecule has 5 nitrogen and oxygen atoms in total. The van der Waals surface area contributed by atoms with E-state index in [0.717, 1.165) is 25.8 Å². The number of hydrogen-bond acceptors (Lipinski definition) is 2. The number of alkyl halides is 2. The van der Waals surface area contributed by atoms with Crippen molar-refractivity contribution in [2.45, 2.75) is 69.4 Å². The number of likely N-dealkylation sites (tertiary alicyclic amines) is 2. The van der Waals surface area contributed by atoms with E-state index in [0.29, 0.717) is 32.4 Å². The van der Waals surface area contributed by atoms with Crippen molar-refractivity contribution < 1.29 is 18.4 Å². The van der Waals surface area contributed by atoms with E-state index in [4.69, 9.17) is 0 Å². The van der Waals surface area contributed by atoms with Crippen molar-refractivity contribution in [1.29, 1.82) is 0 Å². The number of nitrogens with one attached hydrogen (secondary N) is 1. The highest BCUT2D eigenvalue weighted by molar-refractivity contribution is 5.78. The van der Waals surface area contributed by atoms with E-state index in [1.165, 1.54) is 0 Å². The Bertz CT molecular complexity index is 454. The minimum Gasteiger partial charge on any atom is -0.340 e. The lowest BCUT2D eigenvalue weighted by molar-refractivity contribution is -0.130. The largest absolute Gasteiger partial charge is 0.340 e. The van der Waals surface area contributed by atoms with Crippen molar-refractivity contribution in [2.24, 2.45) is 0 Å². The van der Waals surface area contributed by atoms with Crippen molar-refractivity contribution >= 4 is 11.9 Å². The molecule has 2 saturated heterocycles. The smallest absolute Gasteiger partial charge is 0.317 e. The average molecular weight is 329 g/mol. The highest BCUT2D eigenvalue weighted by atomic mass is 19.3. The molecule has 130 valence electrons. The summed E-state index contributed by atoms with van der Waals surface area (Å²) in [5.74, 6) is -2.34. The molecule has 0 atom stereocenters. The quantitative estimate of drug-likeness (QED) is 0.845. The molecule has 7 heteroatoms. The van der Waals surface area contributed by atoms with E-state index in [1.54, 1.807) is 4.90 Å². The first-order chi connectivity index (χ1) is 10.9. The summed E-state index contributed by atoms with van der Waals surface area (Å²) in [6, 6.07) is -0.0335. The number of urea groups is 1. The van der Waals surface area contributed by atoms with Crippen molar-refractivity contribution in [2.75, 3.05) is 19.6 Å². The van der Waals surface area contributed by atoms with Gasteiger partial charge in [0.25, 0.3) is 0 Å². The van der Waals surface area contributed by atoms with Crippen LogP contribution in [0.15, 0.2) is 0 Å². The Morgan fingerprint density at radius 3 is 2.30 bits per heavy atom. The third kappa shape index (κ3) is 3.93. The maximum absolute atomic E-state index is 13.1. The Morgan fingerprint density at radius 2 is 1.74 bits per heavy atom. The predicted molar refractivity (Wildman–Crippen MR) is 81.3 cm³/mol. The zero-order valence-electron chi connectivity index (χ0n) is 13.4. The van der Waals surface area contributed by atoms with Gasteiger partial charge in [0.2, 0.25) is 11.8 Å². The summed E-state index contributed by atoms with van der Waals surface area (Å²) in [4.78, 5) is 27.8. The van der Waals surface area contributed by atoms with E-state index in [-0.39, 0.29) is 36.9 Å². The van der Waals surface area contributed by atoms with Crippen molar-refractivity contribution in [3.63, 3.8) is 0 Å². The molecule has 0 aromatic carbocycles. The first kappa shape index (κ1) is 16.5. The van der Waals surface area contributed by atoms with Crippen LogP contribution in [0.25, 0.3) is 0 Å². The van der Waals surface area contributed by atoms with Gasteiger partial charge in [-0.25, -0.2) is 13.6 Å². The number of carbonyl (C=O) groups is 2. The molecule has 3 fully saturated rings. The van der Waals surface area contributed by atoms with Gasteiger partial charge in [-0.1, -0.05) is 0 Å². The predicted octanol–water partition coefficient (Wildman–Crippen LogP) is 2.36. The van der Waals surface area contributed by atoms with Gasteiger partial charge in [0.05, 0.1) is 0 Å². The summed E-state index contributed by atoms with van der Waals surface area (Å²) in [5.41, 5.74) is 0. The molecule has 3 aliphatic rings. The van der Waals surface area contributed by atoms with Crippen LogP contribution in [0.5, 0.6) is 0 Å². The van der Waals surface area contributed by atoms with Gasteiger partial charge in [0.15, 0.2) is 0 Å². The Kier molecular flexibility index (Phi) is 4.73. The Morgan fingerprint density at radius 1 is 1.09 bits per heavy atom. The minimum absolute atomic E-state index is 0.139. The molecular weight excluding hydrogens is 304 g/mol. The highest BCUT2D eigenvalue weighted by Gasteiger charge is 2.36. The summed E-state index contributed by atoms with van der Waals surface area (Å²) in [6.45, 7) is 2.10. The molecule has 0 radical (unpaired) electrons. The molecule has 0 aromatic heterocycles. The van der Waals surface area contributed by atoms with Crippen LogP contribution in [-0.4, -0.2) is 59.4 Å². The number of nitrogens with zero attached hydrogens (tertiary/aromatic N) is 2. The van der Waals surface area contributed by atoms with Gasteiger partial charge >= 0.3 is 6.03 Å². The fourth-order valence-electron chi connectivity index (χ4n) is 3.89. The minimum atomic E-state index is -2.57. The van der Waals surface area contributed by atoms with E-state index in [2.05, 4.69) is 5.32 Å². The molecule has 2 heterocycles. The van der Waals surface area contributed by atoms with Crippen molar-refractivity contribution in [3.05, 3.63) is 0 Å². The SMILES string of the molecule is O=C(NC1CCC(F)(F)CC1)N1CCC(N2CCCC2=O)CC1. The van der Waals surface area contributed by atoms with Gasteiger partial charge in [-0.15, -0.1) is 0 Å². The van der Waals surface area contributed by atoms with Crippen LogP contribution in [0.1, 0.15) is 51.4 Å². The maximum atomic E-state index is 13.1. The lowest BCUT2D eigenvalue weighted by Gasteiger charge is -2.37. The number of halogens is 2. The summed E-state index contributed by atoms with van der Waals surface area (Å²) >= 11 is 0. The topological polar surface area (TPSA) is 52.7 Å². The zero-order valence-corrected chi connectivity index (χ0v) is 13.4. The van der Waals surface area contributed by atoms with Crippen LogP contribution < -0.4 is 5.32 Å². The van der Waals surface area contributed by atoms with Crippen LogP contribution in [0.3, 0.4) is 0 Å². The average Bonchev–Trinajstić information content (AvgIpc) is 2.96. The van der Waals surface area contributed by atoms with Gasteiger partial charge in [-0.05, 0) is 32.1 Å². The molecule has 3 rings (SSSR count). The molecule has 1 N–H and O–H groups in total. The highest BCUT2D eigenvalue weighted by Crippen LogP contribution is 2.33. The third-order valence-corrected chi connectivity index (χ3v) is 5.35. The molecule has 1 saturated carbocycles. The summed E-state index contributed by atoms with van der Waals surface area (Å²) in [5, 5.41) is 2.89. The molecule has 1 aliphatic carbocycles. The van der Waals surface area contributed by atoms with Gasteiger partial charge in [0.1, 0.15) is 0 Å². The number of hydrogen-bond donors (Lipinski definition) is 1. The maximum Gasteiger partial charge on any atom is 0.317 e. The number of piperidine rings is 1. The molecule has 0 spiro atoms. The standard InChI is InChI=1S/C16H25F2N3O2/c17-16(18)7-3-12(4-8-16)19-15(23)20-10-5-13(6-11-20)21-9-1-2-14(21)22/h12-13H,1-11H2,(H,19,23). The second kappa shape index (κ2) is 6.61. The van der Waals surface area contributed by atoms with Gasteiger partial charge in [-0.2, -0.15) is 0 Å². The van der Waals surface area contributed by atoms with Gasteiger partial charge in [-0.3, -0.25) is 4.79 Å². The van der Waals surface area contributed by atoms with Crippen LogP contribution in [-0.2, 0) is 4.79 Å². The van der Waals surface area contributed by atoms with Crippen molar-refractivity contribution in [1.82, 2.24) is 15.1 Å². The zero-order chi connectivity index (χ0) is 16.4. The molecule has 23 heavy (non-hydrogen) atoms. The number of amides is 3. The number of rotatable bonds is 2. The van der Waals surface area contributed by atoms with Crippen LogP contribution in [0.2, 0.25) is 0 Å². The van der Waals surface area contributed by atoms with Gasteiger partial charge < -0.3 is 15.1 Å². The summed E-state index contributed by atoms with van der Waals surface area (Å²) in [7, 11) is 0. The van der Waals surface area contributed by atoms with E-state index in [1.807, 2.05) is 4.90 Å². The molecule has 3 amide bonds. The fraction of sp³-hybridized carbons (Fsp3) is 0.875. The lowest BCUT2D eigenvalue weighted by atomic mass is 9.92. The second-order valence-corrected chi connectivity index (χ2v) is 6.99. The van der Waals surface area contributed by atoms with Crippen molar-refractivity contribution in [3.8, 4) is 0 Å². The first-order valence-electron chi connectivity index (χ1n) is 8.67. The second-order valence-electron chi connectivity index (χ2n) is 6.99. The Balaban J connectivity index is 1.42. The Hall–Kier alpha value is -1.40. The van der Waals surface area contributed by atoms with Gasteiger partial charge in [0, 0.05) is 51.0 Å². The summed E-state index contributed by atoms with van der Waals surface area (Å²) in [6.07, 6.45) is 3.60. The van der Waals surface area contributed by atoms with E-state index < -0.39 is 5.92 Å². The molecule has 0 unspecified atom stereocenters. The van der Waals surface area contributed by atoms with E-state index >= 15 is 0 Å². The molecule has 2 aliphatic heterocycles. The summed E-state index contributed by atoms with van der Waals surface area (Å²) < 4.78 is 26.3. The van der Waals surface area contributed by atoms with Crippen LogP contribution in [0, 0.1) is 0 Å². The lowest BCUT2D eigenvalue weighted by Crippen LogP contribution is -2.52. The van der Waals surface area contributed by atoms with Crippen LogP contribution in [0.4, 0.5) is 13.6 Å². The molecular formula is C16H25F2N3O2. The first-order valence-corrected chi connectivity index (χ1v) is 8.67. The molecule has 0 bridgehead atoms.